The third-order valence-corrected chi connectivity index (χ3v) is 4.64. The van der Waals surface area contributed by atoms with E-state index in [0.29, 0.717) is 17.9 Å². The number of nitrogens with zero attached hydrogens (tertiary/aromatic N) is 2. The van der Waals surface area contributed by atoms with E-state index in [1.54, 1.807) is 7.11 Å². The van der Waals surface area contributed by atoms with Crippen LogP contribution in [-0.4, -0.2) is 37.9 Å². The van der Waals surface area contributed by atoms with Crippen molar-refractivity contribution in [3.8, 4) is 5.75 Å². The van der Waals surface area contributed by atoms with Gasteiger partial charge in [0.1, 0.15) is 5.75 Å². The standard InChI is InChI=1S/C21H25N3O3/c1-4-24(5-2)16-12-10-15(11-13-16)22-21(25)20-14-18(23-27-20)17-8-6-7-9-19(17)26-3/h6-13,20H,4-5,14H2,1-3H3,(H,22,25)/t20-/m0/s1. The van der Waals surface area contributed by atoms with E-state index in [4.69, 9.17) is 9.57 Å². The molecule has 0 aromatic heterocycles. The SMILES string of the molecule is CCN(CC)c1ccc(NC(=O)[C@@H]2CC(c3ccccc3OC)=NO2)cc1. The summed E-state index contributed by atoms with van der Waals surface area (Å²) in [6.07, 6.45) is -0.239. The number of ether oxygens (including phenoxy) is 1. The van der Waals surface area contributed by atoms with Crippen molar-refractivity contribution in [2.24, 2.45) is 5.16 Å². The van der Waals surface area contributed by atoms with Gasteiger partial charge in [0.05, 0.1) is 12.8 Å². The molecule has 2 aromatic rings. The number of benzene rings is 2. The Morgan fingerprint density at radius 1 is 1.19 bits per heavy atom. The summed E-state index contributed by atoms with van der Waals surface area (Å²) >= 11 is 0. The van der Waals surface area contributed by atoms with Crippen molar-refractivity contribution in [3.63, 3.8) is 0 Å². The number of anilines is 2. The topological polar surface area (TPSA) is 63.2 Å². The number of amides is 1. The number of para-hydroxylation sites is 1. The number of nitrogens with one attached hydrogen (secondary N) is 1. The summed E-state index contributed by atoms with van der Waals surface area (Å²) in [4.78, 5) is 20.1. The third-order valence-electron chi connectivity index (χ3n) is 4.64. The predicted octanol–water partition coefficient (Wildman–Crippen LogP) is 3.67. The Hall–Kier alpha value is -3.02. The lowest BCUT2D eigenvalue weighted by Crippen LogP contribution is -2.28. The normalized spacial score (nSPS) is 15.7. The molecule has 6 heteroatoms. The Bertz CT molecular complexity index is 814. The molecule has 1 heterocycles. The van der Waals surface area contributed by atoms with Gasteiger partial charge in [0.2, 0.25) is 6.10 Å². The lowest BCUT2D eigenvalue weighted by molar-refractivity contribution is -0.125. The lowest BCUT2D eigenvalue weighted by atomic mass is 10.0. The molecule has 0 radical (unpaired) electrons. The molecule has 0 bridgehead atoms. The van der Waals surface area contributed by atoms with E-state index >= 15 is 0 Å². The van der Waals surface area contributed by atoms with Crippen LogP contribution < -0.4 is 15.0 Å². The Morgan fingerprint density at radius 3 is 2.56 bits per heavy atom. The van der Waals surface area contributed by atoms with Crippen molar-refractivity contribution in [2.75, 3.05) is 30.4 Å². The van der Waals surface area contributed by atoms with E-state index in [9.17, 15) is 4.79 Å². The van der Waals surface area contributed by atoms with Gasteiger partial charge in [-0.1, -0.05) is 17.3 Å². The van der Waals surface area contributed by atoms with Gasteiger partial charge in [-0.15, -0.1) is 0 Å². The van der Waals surface area contributed by atoms with E-state index in [1.807, 2.05) is 48.5 Å². The summed E-state index contributed by atoms with van der Waals surface area (Å²) in [7, 11) is 1.61. The van der Waals surface area contributed by atoms with E-state index in [-0.39, 0.29) is 5.91 Å². The van der Waals surface area contributed by atoms with Crippen LogP contribution in [0.3, 0.4) is 0 Å². The van der Waals surface area contributed by atoms with Crippen molar-refractivity contribution >= 4 is 23.0 Å². The van der Waals surface area contributed by atoms with Crippen LogP contribution in [0.4, 0.5) is 11.4 Å². The van der Waals surface area contributed by atoms with Gasteiger partial charge >= 0.3 is 0 Å². The minimum atomic E-state index is -0.646. The molecule has 1 aliphatic rings. The molecule has 1 amide bonds. The molecule has 1 N–H and O–H groups in total. The summed E-state index contributed by atoms with van der Waals surface area (Å²) in [5.74, 6) is 0.507. The highest BCUT2D eigenvalue weighted by atomic mass is 16.6. The van der Waals surface area contributed by atoms with Gasteiger partial charge < -0.3 is 19.8 Å². The fraction of sp³-hybridized carbons (Fsp3) is 0.333. The summed E-state index contributed by atoms with van der Waals surface area (Å²) in [5.41, 5.74) is 3.44. The van der Waals surface area contributed by atoms with Gasteiger partial charge in [0, 0.05) is 36.4 Å². The zero-order chi connectivity index (χ0) is 19.2. The molecule has 1 atom stereocenters. The van der Waals surface area contributed by atoms with Crippen LogP contribution >= 0.6 is 0 Å². The molecule has 0 saturated heterocycles. The first-order chi connectivity index (χ1) is 13.2. The molecule has 0 spiro atoms. The number of hydrogen-bond donors (Lipinski definition) is 1. The van der Waals surface area contributed by atoms with Gasteiger partial charge in [0.25, 0.3) is 5.91 Å². The zero-order valence-electron chi connectivity index (χ0n) is 15.9. The van der Waals surface area contributed by atoms with Crippen LogP contribution in [0.25, 0.3) is 0 Å². The number of hydrogen-bond acceptors (Lipinski definition) is 5. The molecule has 3 rings (SSSR count). The Kier molecular flexibility index (Phi) is 5.96. The number of carbonyl (C=O) groups is 1. The first-order valence-corrected chi connectivity index (χ1v) is 9.18. The van der Waals surface area contributed by atoms with Crippen molar-refractivity contribution < 1.29 is 14.4 Å². The monoisotopic (exact) mass is 367 g/mol. The van der Waals surface area contributed by atoms with Crippen LogP contribution in [0, 0.1) is 0 Å². The molecule has 0 fully saturated rings. The molecule has 2 aromatic carbocycles. The highest BCUT2D eigenvalue weighted by Crippen LogP contribution is 2.25. The molecule has 27 heavy (non-hydrogen) atoms. The van der Waals surface area contributed by atoms with Gasteiger partial charge in [-0.2, -0.15) is 0 Å². The van der Waals surface area contributed by atoms with Crippen molar-refractivity contribution in [1.82, 2.24) is 0 Å². The largest absolute Gasteiger partial charge is 0.496 e. The summed E-state index contributed by atoms with van der Waals surface area (Å²) in [6, 6.07) is 15.4. The summed E-state index contributed by atoms with van der Waals surface area (Å²) in [5, 5.41) is 6.99. The highest BCUT2D eigenvalue weighted by Gasteiger charge is 2.30. The van der Waals surface area contributed by atoms with E-state index < -0.39 is 6.10 Å². The minimum absolute atomic E-state index is 0.209. The third kappa shape index (κ3) is 4.22. The molecule has 1 aliphatic heterocycles. The van der Waals surface area contributed by atoms with E-state index in [1.165, 1.54) is 0 Å². The average Bonchev–Trinajstić information content (AvgIpc) is 3.20. The van der Waals surface area contributed by atoms with Crippen LogP contribution in [0.5, 0.6) is 5.75 Å². The maximum absolute atomic E-state index is 12.5. The number of methoxy groups -OCH3 is 1. The molecule has 0 unspecified atom stereocenters. The molecule has 0 saturated carbocycles. The second-order valence-electron chi connectivity index (χ2n) is 6.24. The predicted molar refractivity (Wildman–Crippen MR) is 108 cm³/mol. The average molecular weight is 367 g/mol. The van der Waals surface area contributed by atoms with Crippen molar-refractivity contribution in [2.45, 2.75) is 26.4 Å². The maximum atomic E-state index is 12.5. The van der Waals surface area contributed by atoms with Crippen molar-refractivity contribution in [3.05, 3.63) is 54.1 Å². The Balaban J connectivity index is 1.61. The van der Waals surface area contributed by atoms with Gasteiger partial charge in [0.15, 0.2) is 0 Å². The second-order valence-corrected chi connectivity index (χ2v) is 6.24. The molecule has 6 nitrogen and oxygen atoms in total. The van der Waals surface area contributed by atoms with Crippen molar-refractivity contribution in [1.29, 1.82) is 0 Å². The van der Waals surface area contributed by atoms with Gasteiger partial charge in [-0.3, -0.25) is 4.79 Å². The van der Waals surface area contributed by atoms with Gasteiger partial charge in [-0.05, 0) is 50.2 Å². The lowest BCUT2D eigenvalue weighted by Gasteiger charge is -2.21. The summed E-state index contributed by atoms with van der Waals surface area (Å²) in [6.45, 7) is 6.13. The molecule has 0 aliphatic carbocycles. The number of oxime groups is 1. The fourth-order valence-corrected chi connectivity index (χ4v) is 3.13. The zero-order valence-corrected chi connectivity index (χ0v) is 15.9. The Morgan fingerprint density at radius 2 is 1.89 bits per heavy atom. The minimum Gasteiger partial charge on any atom is -0.496 e. The second kappa shape index (κ2) is 8.58. The number of carbonyl (C=O) groups excluding carboxylic acids is 1. The molecule has 142 valence electrons. The van der Waals surface area contributed by atoms with Crippen LogP contribution in [-0.2, 0) is 9.63 Å². The van der Waals surface area contributed by atoms with Crippen LogP contribution in [0.15, 0.2) is 53.7 Å². The smallest absolute Gasteiger partial charge is 0.268 e. The van der Waals surface area contributed by atoms with Crippen LogP contribution in [0.2, 0.25) is 0 Å². The first kappa shape index (κ1) is 18.8. The Labute approximate surface area is 159 Å². The van der Waals surface area contributed by atoms with Gasteiger partial charge in [-0.25, -0.2) is 0 Å². The fourth-order valence-electron chi connectivity index (χ4n) is 3.13. The summed E-state index contributed by atoms with van der Waals surface area (Å²) < 4.78 is 5.36. The van der Waals surface area contributed by atoms with E-state index in [2.05, 4.69) is 29.2 Å². The molecular formula is C21H25N3O3. The maximum Gasteiger partial charge on any atom is 0.268 e. The molecular weight excluding hydrogens is 342 g/mol. The quantitative estimate of drug-likeness (QED) is 0.811. The first-order valence-electron chi connectivity index (χ1n) is 9.18. The van der Waals surface area contributed by atoms with E-state index in [0.717, 1.165) is 30.0 Å². The van der Waals surface area contributed by atoms with Crippen LogP contribution in [0.1, 0.15) is 25.8 Å². The highest BCUT2D eigenvalue weighted by molar-refractivity contribution is 6.07. The number of rotatable bonds is 7.